The number of sulfone groups is 1. The standard InChI is InChI=1S/C19H22F2O2S/c1-19(2,3)24(22,23)13-16-8-5-14(6-9-16)4-7-15-10-11-17(20)18(21)12-15/h5-6,8-12H,4,7,13H2,1-3H3. The monoisotopic (exact) mass is 352 g/mol. The van der Waals surface area contributed by atoms with E-state index in [4.69, 9.17) is 0 Å². The van der Waals surface area contributed by atoms with Gasteiger partial charge in [0.05, 0.1) is 10.5 Å². The Morgan fingerprint density at radius 3 is 1.83 bits per heavy atom. The number of halogens is 2. The van der Waals surface area contributed by atoms with E-state index in [1.807, 2.05) is 24.3 Å². The minimum absolute atomic E-state index is 0.0138. The number of rotatable bonds is 5. The normalized spacial score (nSPS) is 12.4. The van der Waals surface area contributed by atoms with E-state index in [0.717, 1.165) is 22.8 Å². The predicted molar refractivity (Wildman–Crippen MR) is 92.6 cm³/mol. The summed E-state index contributed by atoms with van der Waals surface area (Å²) >= 11 is 0. The molecule has 0 fully saturated rings. The largest absolute Gasteiger partial charge is 0.228 e. The molecule has 0 amide bonds. The molecule has 0 bridgehead atoms. The second-order valence-electron chi connectivity index (χ2n) is 6.94. The summed E-state index contributed by atoms with van der Waals surface area (Å²) in [7, 11) is -3.20. The minimum Gasteiger partial charge on any atom is -0.228 e. The first-order valence-electron chi connectivity index (χ1n) is 7.82. The first-order valence-corrected chi connectivity index (χ1v) is 9.48. The Labute approximate surface area is 142 Å². The Morgan fingerprint density at radius 2 is 1.29 bits per heavy atom. The molecule has 0 aliphatic heterocycles. The third-order valence-corrected chi connectivity index (χ3v) is 6.58. The van der Waals surface area contributed by atoms with Gasteiger partial charge in [0.2, 0.25) is 0 Å². The van der Waals surface area contributed by atoms with Crippen molar-refractivity contribution < 1.29 is 17.2 Å². The summed E-state index contributed by atoms with van der Waals surface area (Å²) < 4.78 is 49.7. The van der Waals surface area contributed by atoms with Crippen molar-refractivity contribution in [2.45, 2.75) is 44.1 Å². The van der Waals surface area contributed by atoms with E-state index in [1.165, 1.54) is 6.07 Å². The zero-order valence-corrected chi connectivity index (χ0v) is 15.0. The molecule has 0 saturated heterocycles. The van der Waals surface area contributed by atoms with Gasteiger partial charge < -0.3 is 0 Å². The summed E-state index contributed by atoms with van der Waals surface area (Å²) in [6.07, 6.45) is 1.27. The topological polar surface area (TPSA) is 34.1 Å². The van der Waals surface area contributed by atoms with E-state index < -0.39 is 26.2 Å². The lowest BCUT2D eigenvalue weighted by Gasteiger charge is -2.19. The highest BCUT2D eigenvalue weighted by Crippen LogP contribution is 2.21. The van der Waals surface area contributed by atoms with Crippen LogP contribution in [-0.4, -0.2) is 13.2 Å². The van der Waals surface area contributed by atoms with Gasteiger partial charge in [0.15, 0.2) is 21.5 Å². The van der Waals surface area contributed by atoms with Crippen molar-refractivity contribution in [3.63, 3.8) is 0 Å². The summed E-state index contributed by atoms with van der Waals surface area (Å²) in [6, 6.07) is 11.3. The third kappa shape index (κ3) is 4.63. The van der Waals surface area contributed by atoms with Crippen LogP contribution in [0.1, 0.15) is 37.5 Å². The van der Waals surface area contributed by atoms with Crippen LogP contribution in [0.2, 0.25) is 0 Å². The Bertz CT molecular complexity index is 804. The maximum absolute atomic E-state index is 13.2. The quantitative estimate of drug-likeness (QED) is 0.796. The summed E-state index contributed by atoms with van der Waals surface area (Å²) in [6.45, 7) is 5.08. The predicted octanol–water partition coefficient (Wildman–Crippen LogP) is 4.46. The van der Waals surface area contributed by atoms with E-state index in [0.29, 0.717) is 12.8 Å². The van der Waals surface area contributed by atoms with Crippen molar-refractivity contribution >= 4 is 9.84 Å². The molecule has 130 valence electrons. The van der Waals surface area contributed by atoms with Crippen LogP contribution in [-0.2, 0) is 28.4 Å². The van der Waals surface area contributed by atoms with Gasteiger partial charge in [-0.15, -0.1) is 0 Å². The maximum Gasteiger partial charge on any atom is 0.159 e. The van der Waals surface area contributed by atoms with Crippen LogP contribution in [0.5, 0.6) is 0 Å². The van der Waals surface area contributed by atoms with Crippen LogP contribution >= 0.6 is 0 Å². The van der Waals surface area contributed by atoms with Crippen molar-refractivity contribution in [1.82, 2.24) is 0 Å². The van der Waals surface area contributed by atoms with Crippen LogP contribution in [0.3, 0.4) is 0 Å². The molecule has 0 aliphatic rings. The summed E-state index contributed by atoms with van der Waals surface area (Å²) in [4.78, 5) is 0. The molecule has 0 N–H and O–H groups in total. The van der Waals surface area contributed by atoms with Crippen LogP contribution in [0.15, 0.2) is 42.5 Å². The van der Waals surface area contributed by atoms with Crippen molar-refractivity contribution in [2.24, 2.45) is 0 Å². The van der Waals surface area contributed by atoms with E-state index in [1.54, 1.807) is 26.8 Å². The molecule has 2 nitrogen and oxygen atoms in total. The molecule has 0 spiro atoms. The summed E-state index contributed by atoms with van der Waals surface area (Å²) in [5, 5.41) is 0. The van der Waals surface area contributed by atoms with Crippen molar-refractivity contribution in [3.05, 3.63) is 70.8 Å². The number of aryl methyl sites for hydroxylation is 2. The first kappa shape index (κ1) is 18.6. The highest BCUT2D eigenvalue weighted by atomic mass is 32.2. The van der Waals surface area contributed by atoms with Gasteiger partial charge in [0, 0.05) is 0 Å². The molecule has 5 heteroatoms. The molecule has 0 radical (unpaired) electrons. The van der Waals surface area contributed by atoms with Crippen molar-refractivity contribution in [2.75, 3.05) is 0 Å². The Kier molecular flexibility index (Phi) is 5.43. The van der Waals surface area contributed by atoms with Crippen LogP contribution in [0, 0.1) is 11.6 Å². The molecule has 0 aromatic heterocycles. The molecule has 0 heterocycles. The fourth-order valence-electron chi connectivity index (χ4n) is 2.22. The average molecular weight is 352 g/mol. The van der Waals surface area contributed by atoms with E-state index in [-0.39, 0.29) is 5.75 Å². The van der Waals surface area contributed by atoms with Gasteiger partial charge in [-0.3, -0.25) is 0 Å². The smallest absolute Gasteiger partial charge is 0.159 e. The molecule has 0 atom stereocenters. The molecule has 2 aromatic rings. The van der Waals surface area contributed by atoms with Gasteiger partial charge in [-0.2, -0.15) is 0 Å². The second-order valence-corrected chi connectivity index (χ2v) is 9.68. The average Bonchev–Trinajstić information content (AvgIpc) is 2.48. The van der Waals surface area contributed by atoms with Crippen LogP contribution < -0.4 is 0 Å². The molecular weight excluding hydrogens is 330 g/mol. The number of benzene rings is 2. The third-order valence-electron chi connectivity index (χ3n) is 4.00. The molecule has 24 heavy (non-hydrogen) atoms. The minimum atomic E-state index is -3.20. The zero-order valence-electron chi connectivity index (χ0n) is 14.1. The van der Waals surface area contributed by atoms with Gasteiger partial charge in [-0.25, -0.2) is 17.2 Å². The van der Waals surface area contributed by atoms with Crippen LogP contribution in [0.25, 0.3) is 0 Å². The van der Waals surface area contributed by atoms with E-state index in [9.17, 15) is 17.2 Å². The van der Waals surface area contributed by atoms with E-state index in [2.05, 4.69) is 0 Å². The summed E-state index contributed by atoms with van der Waals surface area (Å²) in [5.41, 5.74) is 2.51. The number of hydrogen-bond acceptors (Lipinski definition) is 2. The molecular formula is C19H22F2O2S. The highest BCUT2D eigenvalue weighted by Gasteiger charge is 2.28. The van der Waals surface area contributed by atoms with Crippen molar-refractivity contribution in [3.8, 4) is 0 Å². The SMILES string of the molecule is CC(C)(C)S(=O)(=O)Cc1ccc(CCc2ccc(F)c(F)c2)cc1. The Balaban J connectivity index is 2.01. The molecule has 2 rings (SSSR count). The van der Waals surface area contributed by atoms with Crippen molar-refractivity contribution in [1.29, 1.82) is 0 Å². The highest BCUT2D eigenvalue weighted by molar-refractivity contribution is 7.91. The Hall–Kier alpha value is -1.75. The molecule has 2 aromatic carbocycles. The van der Waals surface area contributed by atoms with E-state index >= 15 is 0 Å². The van der Waals surface area contributed by atoms with Gasteiger partial charge in [-0.1, -0.05) is 30.3 Å². The molecule has 0 unspecified atom stereocenters. The van der Waals surface area contributed by atoms with Crippen LogP contribution in [0.4, 0.5) is 8.78 Å². The fraction of sp³-hybridized carbons (Fsp3) is 0.368. The zero-order chi connectivity index (χ0) is 18.0. The van der Waals surface area contributed by atoms with Gasteiger partial charge in [0.25, 0.3) is 0 Å². The molecule has 0 saturated carbocycles. The van der Waals surface area contributed by atoms with Gasteiger partial charge >= 0.3 is 0 Å². The lowest BCUT2D eigenvalue weighted by Crippen LogP contribution is -2.29. The summed E-state index contributed by atoms with van der Waals surface area (Å²) in [5.74, 6) is -1.67. The Morgan fingerprint density at radius 1 is 0.792 bits per heavy atom. The molecule has 0 aliphatic carbocycles. The lowest BCUT2D eigenvalue weighted by atomic mass is 10.0. The first-order chi connectivity index (χ1) is 11.1. The lowest BCUT2D eigenvalue weighted by molar-refractivity contribution is 0.507. The second kappa shape index (κ2) is 7.01. The maximum atomic E-state index is 13.2. The fourth-order valence-corrected chi connectivity index (χ4v) is 3.29. The van der Waals surface area contributed by atoms with Gasteiger partial charge in [-0.05, 0) is 62.4 Å². The van der Waals surface area contributed by atoms with Gasteiger partial charge in [0.1, 0.15) is 0 Å². The number of hydrogen-bond donors (Lipinski definition) is 0.